The Morgan fingerprint density at radius 1 is 1.30 bits per heavy atom. The number of halogens is 3. The van der Waals surface area contributed by atoms with Crippen LogP contribution in [0.2, 0.25) is 0 Å². The molecule has 23 heavy (non-hydrogen) atoms. The Hall–Kier alpha value is -1.89. The molecule has 1 atom stereocenters. The first kappa shape index (κ1) is 16.0. The average Bonchev–Trinajstić information content (AvgIpc) is 3.15. The largest absolute Gasteiger partial charge is 0.408 e. The number of carbonyl (C=O) groups is 1. The van der Waals surface area contributed by atoms with Gasteiger partial charge >= 0.3 is 6.18 Å². The third-order valence-corrected chi connectivity index (χ3v) is 4.71. The molecule has 2 aromatic rings. The molecule has 0 bridgehead atoms. The Bertz CT molecular complexity index is 709. The summed E-state index contributed by atoms with van der Waals surface area (Å²) < 4.78 is 38.9. The van der Waals surface area contributed by atoms with Gasteiger partial charge in [-0.3, -0.25) is 4.79 Å². The van der Waals surface area contributed by atoms with Crippen LogP contribution < -0.4 is 0 Å². The molecule has 2 heterocycles. The molecule has 0 aliphatic carbocycles. The van der Waals surface area contributed by atoms with Crippen LogP contribution in [0.4, 0.5) is 13.2 Å². The Morgan fingerprint density at radius 3 is 2.57 bits per heavy atom. The standard InChI is InChI=1S/C16H15F3N2OS/c1-10-20-13(9-23-10)11-4-6-12(7-5-11)15(22)21-8-2-3-14(21)16(17,18)19/h4-7,9,14H,2-3,8H2,1H3. The van der Waals surface area contributed by atoms with Crippen LogP contribution >= 0.6 is 11.3 Å². The van der Waals surface area contributed by atoms with Crippen LogP contribution in [0.15, 0.2) is 29.6 Å². The molecule has 1 amide bonds. The van der Waals surface area contributed by atoms with Gasteiger partial charge in [-0.25, -0.2) is 4.98 Å². The van der Waals surface area contributed by atoms with E-state index < -0.39 is 18.1 Å². The summed E-state index contributed by atoms with van der Waals surface area (Å²) in [6.07, 6.45) is -4.01. The molecule has 0 spiro atoms. The minimum absolute atomic E-state index is 0.0224. The summed E-state index contributed by atoms with van der Waals surface area (Å²) in [5.74, 6) is -0.564. The maximum absolute atomic E-state index is 13.0. The molecule has 1 aliphatic rings. The van der Waals surface area contributed by atoms with Crippen molar-refractivity contribution in [2.24, 2.45) is 0 Å². The molecule has 0 N–H and O–H groups in total. The molecule has 1 unspecified atom stereocenters. The van der Waals surface area contributed by atoms with Crippen LogP contribution in [0.25, 0.3) is 11.3 Å². The molecule has 1 aromatic heterocycles. The lowest BCUT2D eigenvalue weighted by Crippen LogP contribution is -2.44. The number of likely N-dealkylation sites (tertiary alicyclic amines) is 1. The normalized spacial score (nSPS) is 18.4. The maximum Gasteiger partial charge on any atom is 0.408 e. The van der Waals surface area contributed by atoms with Crippen molar-refractivity contribution in [3.8, 4) is 11.3 Å². The summed E-state index contributed by atoms with van der Waals surface area (Å²) in [6, 6.07) is 4.91. The molecule has 3 rings (SSSR count). The Labute approximate surface area is 135 Å². The second-order valence-corrected chi connectivity index (χ2v) is 6.59. The quantitative estimate of drug-likeness (QED) is 0.817. The predicted molar refractivity (Wildman–Crippen MR) is 82.4 cm³/mol. The van der Waals surface area contributed by atoms with Crippen LogP contribution in [-0.4, -0.2) is 34.6 Å². The van der Waals surface area contributed by atoms with E-state index in [2.05, 4.69) is 4.98 Å². The summed E-state index contributed by atoms with van der Waals surface area (Å²) in [4.78, 5) is 17.7. The number of hydrogen-bond acceptors (Lipinski definition) is 3. The van der Waals surface area contributed by atoms with Crippen LogP contribution in [0.3, 0.4) is 0 Å². The van der Waals surface area contributed by atoms with Gasteiger partial charge in [-0.2, -0.15) is 13.2 Å². The number of nitrogens with zero attached hydrogens (tertiary/aromatic N) is 2. The summed E-state index contributed by atoms with van der Waals surface area (Å²) in [5.41, 5.74) is 1.93. The van der Waals surface area contributed by atoms with Crippen LogP contribution in [-0.2, 0) is 0 Å². The van der Waals surface area contributed by atoms with Crippen molar-refractivity contribution < 1.29 is 18.0 Å². The van der Waals surface area contributed by atoms with Crippen molar-refractivity contribution in [1.29, 1.82) is 0 Å². The SMILES string of the molecule is Cc1nc(-c2ccc(C(=O)N3CCCC3C(F)(F)F)cc2)cs1. The lowest BCUT2D eigenvalue weighted by Gasteiger charge is -2.26. The van der Waals surface area contributed by atoms with E-state index in [-0.39, 0.29) is 18.5 Å². The first-order valence-corrected chi connectivity index (χ1v) is 8.14. The summed E-state index contributed by atoms with van der Waals surface area (Å²) in [6.45, 7) is 2.05. The molecular formula is C16H15F3N2OS. The van der Waals surface area contributed by atoms with Gasteiger partial charge < -0.3 is 4.90 Å². The van der Waals surface area contributed by atoms with Crippen molar-refractivity contribution in [1.82, 2.24) is 9.88 Å². The number of benzene rings is 1. The van der Waals surface area contributed by atoms with Gasteiger partial charge in [-0.15, -0.1) is 11.3 Å². The molecule has 1 fully saturated rings. The molecular weight excluding hydrogens is 325 g/mol. The zero-order valence-electron chi connectivity index (χ0n) is 12.4. The Balaban J connectivity index is 1.80. The zero-order chi connectivity index (χ0) is 16.6. The zero-order valence-corrected chi connectivity index (χ0v) is 13.2. The van der Waals surface area contributed by atoms with Crippen LogP contribution in [0.1, 0.15) is 28.2 Å². The highest BCUT2D eigenvalue weighted by Crippen LogP contribution is 2.33. The van der Waals surface area contributed by atoms with E-state index in [4.69, 9.17) is 0 Å². The van der Waals surface area contributed by atoms with Crippen LogP contribution in [0, 0.1) is 6.92 Å². The molecule has 1 aromatic carbocycles. The highest BCUT2D eigenvalue weighted by molar-refractivity contribution is 7.09. The van der Waals surface area contributed by atoms with E-state index in [0.29, 0.717) is 6.42 Å². The molecule has 1 aliphatic heterocycles. The topological polar surface area (TPSA) is 33.2 Å². The Morgan fingerprint density at radius 2 is 2.00 bits per heavy atom. The van der Waals surface area contributed by atoms with Gasteiger partial charge in [0.1, 0.15) is 6.04 Å². The van der Waals surface area contributed by atoms with Crippen LogP contribution in [0.5, 0.6) is 0 Å². The second kappa shape index (κ2) is 5.96. The fourth-order valence-electron chi connectivity index (χ4n) is 2.80. The third-order valence-electron chi connectivity index (χ3n) is 3.94. The molecule has 0 saturated carbocycles. The average molecular weight is 340 g/mol. The van der Waals surface area contributed by atoms with E-state index in [1.54, 1.807) is 24.3 Å². The van der Waals surface area contributed by atoms with Gasteiger partial charge in [-0.1, -0.05) is 12.1 Å². The molecule has 1 saturated heterocycles. The van der Waals surface area contributed by atoms with E-state index in [0.717, 1.165) is 21.2 Å². The van der Waals surface area contributed by atoms with E-state index >= 15 is 0 Å². The third kappa shape index (κ3) is 3.24. The number of amides is 1. The van der Waals surface area contributed by atoms with Gasteiger partial charge in [0, 0.05) is 23.1 Å². The molecule has 3 nitrogen and oxygen atoms in total. The molecule has 7 heteroatoms. The predicted octanol–water partition coefficient (Wildman–Crippen LogP) is 4.29. The van der Waals surface area contributed by atoms with Gasteiger partial charge in [0.15, 0.2) is 0 Å². The number of alkyl halides is 3. The fourth-order valence-corrected chi connectivity index (χ4v) is 3.42. The number of rotatable bonds is 2. The monoisotopic (exact) mass is 340 g/mol. The van der Waals surface area contributed by atoms with E-state index in [9.17, 15) is 18.0 Å². The van der Waals surface area contributed by atoms with Gasteiger partial charge in [0.25, 0.3) is 5.91 Å². The van der Waals surface area contributed by atoms with Crippen molar-refractivity contribution in [3.63, 3.8) is 0 Å². The number of thiazole rings is 1. The van der Waals surface area contributed by atoms with Gasteiger partial charge in [0.2, 0.25) is 0 Å². The highest BCUT2D eigenvalue weighted by atomic mass is 32.1. The van der Waals surface area contributed by atoms with Crippen molar-refractivity contribution in [3.05, 3.63) is 40.2 Å². The number of aryl methyl sites for hydroxylation is 1. The van der Waals surface area contributed by atoms with E-state index in [1.807, 2.05) is 12.3 Å². The fraction of sp³-hybridized carbons (Fsp3) is 0.375. The lowest BCUT2D eigenvalue weighted by atomic mass is 10.1. The summed E-state index contributed by atoms with van der Waals surface area (Å²) >= 11 is 1.52. The minimum atomic E-state index is -4.37. The molecule has 122 valence electrons. The van der Waals surface area contributed by atoms with Gasteiger partial charge in [0.05, 0.1) is 10.7 Å². The smallest absolute Gasteiger partial charge is 0.327 e. The van der Waals surface area contributed by atoms with E-state index in [1.165, 1.54) is 11.3 Å². The minimum Gasteiger partial charge on any atom is -0.327 e. The second-order valence-electron chi connectivity index (χ2n) is 5.53. The first-order chi connectivity index (χ1) is 10.9. The van der Waals surface area contributed by atoms with Crippen molar-refractivity contribution in [2.45, 2.75) is 32.0 Å². The number of carbonyl (C=O) groups excluding carboxylic acids is 1. The van der Waals surface area contributed by atoms with Gasteiger partial charge in [-0.05, 0) is 31.9 Å². The van der Waals surface area contributed by atoms with Crippen molar-refractivity contribution in [2.75, 3.05) is 6.54 Å². The maximum atomic E-state index is 13.0. The first-order valence-electron chi connectivity index (χ1n) is 7.26. The Kier molecular flexibility index (Phi) is 4.14. The summed E-state index contributed by atoms with van der Waals surface area (Å²) in [7, 11) is 0. The highest BCUT2D eigenvalue weighted by Gasteiger charge is 2.47. The number of aromatic nitrogens is 1. The molecule has 0 radical (unpaired) electrons. The summed E-state index contributed by atoms with van der Waals surface area (Å²) in [5, 5.41) is 2.84. The van der Waals surface area contributed by atoms with Crippen molar-refractivity contribution >= 4 is 17.2 Å². The lowest BCUT2D eigenvalue weighted by molar-refractivity contribution is -0.169. The number of hydrogen-bond donors (Lipinski definition) is 0.